The van der Waals surface area contributed by atoms with Gasteiger partial charge in [0.1, 0.15) is 17.3 Å². The topological polar surface area (TPSA) is 54.0 Å². The zero-order chi connectivity index (χ0) is 13.8. The summed E-state index contributed by atoms with van der Waals surface area (Å²) >= 11 is 5.83. The summed E-state index contributed by atoms with van der Waals surface area (Å²) in [4.78, 5) is 16.0. The smallest absolute Gasteiger partial charge is 0.274 e. The van der Waals surface area contributed by atoms with Crippen LogP contribution in [0.1, 0.15) is 10.5 Å². The monoisotopic (exact) mass is 279 g/mol. The standard InChI is InChI=1S/C13H11ClFN3O/c1-16-11-7-3-6-10(17-11)13(19)18-12-8(14)4-2-5-9(12)15/h2-7H,1H3,(H,16,17)(H,18,19). The molecule has 0 saturated heterocycles. The van der Waals surface area contributed by atoms with E-state index in [9.17, 15) is 9.18 Å². The first kappa shape index (κ1) is 13.3. The van der Waals surface area contributed by atoms with Crippen LogP contribution in [-0.2, 0) is 0 Å². The van der Waals surface area contributed by atoms with Crippen LogP contribution in [0.4, 0.5) is 15.9 Å². The van der Waals surface area contributed by atoms with E-state index in [-0.39, 0.29) is 16.4 Å². The highest BCUT2D eigenvalue weighted by molar-refractivity contribution is 6.33. The van der Waals surface area contributed by atoms with Crippen LogP contribution in [0.15, 0.2) is 36.4 Å². The zero-order valence-corrected chi connectivity index (χ0v) is 10.8. The molecule has 2 N–H and O–H groups in total. The number of nitrogens with zero attached hydrogens (tertiary/aromatic N) is 1. The van der Waals surface area contributed by atoms with E-state index in [4.69, 9.17) is 11.6 Å². The van der Waals surface area contributed by atoms with Gasteiger partial charge in [-0.1, -0.05) is 23.7 Å². The fourth-order valence-electron chi connectivity index (χ4n) is 1.50. The van der Waals surface area contributed by atoms with Crippen LogP contribution < -0.4 is 10.6 Å². The van der Waals surface area contributed by atoms with Gasteiger partial charge in [-0.2, -0.15) is 0 Å². The van der Waals surface area contributed by atoms with E-state index in [0.717, 1.165) is 0 Å². The van der Waals surface area contributed by atoms with Gasteiger partial charge in [-0.05, 0) is 24.3 Å². The lowest BCUT2D eigenvalue weighted by Gasteiger charge is -2.08. The Morgan fingerprint density at radius 3 is 2.68 bits per heavy atom. The van der Waals surface area contributed by atoms with Crippen LogP contribution in [0.2, 0.25) is 5.02 Å². The molecule has 0 spiro atoms. The average Bonchev–Trinajstić information content (AvgIpc) is 2.43. The molecule has 0 unspecified atom stereocenters. The highest BCUT2D eigenvalue weighted by Gasteiger charge is 2.13. The van der Waals surface area contributed by atoms with Crippen molar-refractivity contribution in [3.05, 3.63) is 52.9 Å². The van der Waals surface area contributed by atoms with Crippen molar-refractivity contribution in [2.75, 3.05) is 17.7 Å². The minimum Gasteiger partial charge on any atom is -0.373 e. The number of rotatable bonds is 3. The van der Waals surface area contributed by atoms with Crippen molar-refractivity contribution < 1.29 is 9.18 Å². The Morgan fingerprint density at radius 2 is 2.00 bits per heavy atom. The summed E-state index contributed by atoms with van der Waals surface area (Å²) < 4.78 is 13.5. The largest absolute Gasteiger partial charge is 0.373 e. The van der Waals surface area contributed by atoms with Crippen molar-refractivity contribution in [1.29, 1.82) is 0 Å². The number of nitrogens with one attached hydrogen (secondary N) is 2. The molecule has 0 atom stereocenters. The number of amides is 1. The number of para-hydroxylation sites is 1. The van der Waals surface area contributed by atoms with Gasteiger partial charge in [0.2, 0.25) is 0 Å². The Hall–Kier alpha value is -2.14. The van der Waals surface area contributed by atoms with Crippen molar-refractivity contribution in [3.8, 4) is 0 Å². The highest BCUT2D eigenvalue weighted by atomic mass is 35.5. The van der Waals surface area contributed by atoms with Gasteiger partial charge < -0.3 is 10.6 Å². The average molecular weight is 280 g/mol. The predicted octanol–water partition coefficient (Wildman–Crippen LogP) is 3.17. The number of aromatic nitrogens is 1. The molecule has 2 aromatic rings. The fourth-order valence-corrected chi connectivity index (χ4v) is 1.71. The van der Waals surface area contributed by atoms with Crippen LogP contribution in [0, 0.1) is 5.82 Å². The molecule has 0 aliphatic heterocycles. The molecule has 0 fully saturated rings. The van der Waals surface area contributed by atoms with Crippen molar-refractivity contribution in [1.82, 2.24) is 4.98 Å². The SMILES string of the molecule is CNc1cccc(C(=O)Nc2c(F)cccc2Cl)n1. The lowest BCUT2D eigenvalue weighted by molar-refractivity contribution is 0.102. The van der Waals surface area contributed by atoms with Crippen LogP contribution in [0.25, 0.3) is 0 Å². The van der Waals surface area contributed by atoms with Gasteiger partial charge in [0.15, 0.2) is 0 Å². The van der Waals surface area contributed by atoms with Crippen molar-refractivity contribution >= 4 is 29.0 Å². The summed E-state index contributed by atoms with van der Waals surface area (Å²) in [5, 5.41) is 5.36. The van der Waals surface area contributed by atoms with Gasteiger partial charge in [0.05, 0.1) is 10.7 Å². The van der Waals surface area contributed by atoms with Gasteiger partial charge in [0.25, 0.3) is 5.91 Å². The van der Waals surface area contributed by atoms with Gasteiger partial charge in [-0.15, -0.1) is 0 Å². The summed E-state index contributed by atoms with van der Waals surface area (Å²) in [6, 6.07) is 9.11. The van der Waals surface area contributed by atoms with Gasteiger partial charge in [-0.3, -0.25) is 4.79 Å². The third-order valence-corrected chi connectivity index (χ3v) is 2.75. The fraction of sp³-hybridized carbons (Fsp3) is 0.0769. The zero-order valence-electron chi connectivity index (χ0n) is 10.1. The quantitative estimate of drug-likeness (QED) is 0.907. The van der Waals surface area contributed by atoms with Crippen LogP contribution in [0.5, 0.6) is 0 Å². The molecule has 98 valence electrons. The van der Waals surface area contributed by atoms with E-state index in [2.05, 4.69) is 15.6 Å². The molecule has 6 heteroatoms. The van der Waals surface area contributed by atoms with E-state index < -0.39 is 11.7 Å². The summed E-state index contributed by atoms with van der Waals surface area (Å²) in [7, 11) is 1.69. The number of carbonyl (C=O) groups is 1. The number of halogens is 2. The van der Waals surface area contributed by atoms with E-state index in [1.165, 1.54) is 24.3 Å². The third kappa shape index (κ3) is 3.00. The Morgan fingerprint density at radius 1 is 1.26 bits per heavy atom. The van der Waals surface area contributed by atoms with Gasteiger partial charge >= 0.3 is 0 Å². The van der Waals surface area contributed by atoms with Crippen molar-refractivity contribution in [3.63, 3.8) is 0 Å². The van der Waals surface area contributed by atoms with Crippen molar-refractivity contribution in [2.45, 2.75) is 0 Å². The number of benzene rings is 1. The molecule has 0 aliphatic rings. The molecular weight excluding hydrogens is 269 g/mol. The molecule has 0 bridgehead atoms. The normalized spacial score (nSPS) is 10.1. The van der Waals surface area contributed by atoms with Crippen LogP contribution in [-0.4, -0.2) is 17.9 Å². The maximum atomic E-state index is 13.5. The first-order valence-corrected chi connectivity index (χ1v) is 5.90. The molecule has 1 aromatic heterocycles. The highest BCUT2D eigenvalue weighted by Crippen LogP contribution is 2.25. The van der Waals surface area contributed by atoms with E-state index in [1.807, 2.05) is 0 Å². The molecule has 4 nitrogen and oxygen atoms in total. The second kappa shape index (κ2) is 5.67. The lowest BCUT2D eigenvalue weighted by Crippen LogP contribution is -2.15. The van der Waals surface area contributed by atoms with E-state index in [0.29, 0.717) is 5.82 Å². The molecule has 2 rings (SSSR count). The Labute approximate surface area is 114 Å². The Bertz CT molecular complexity index is 598. The number of anilines is 2. The molecule has 0 radical (unpaired) electrons. The Balaban J connectivity index is 2.25. The lowest BCUT2D eigenvalue weighted by atomic mass is 10.2. The number of hydrogen-bond donors (Lipinski definition) is 2. The van der Waals surface area contributed by atoms with Crippen molar-refractivity contribution in [2.24, 2.45) is 0 Å². The van der Waals surface area contributed by atoms with E-state index >= 15 is 0 Å². The molecule has 19 heavy (non-hydrogen) atoms. The summed E-state index contributed by atoms with van der Waals surface area (Å²) in [6.45, 7) is 0. The van der Waals surface area contributed by atoms with Gasteiger partial charge in [0, 0.05) is 7.05 Å². The van der Waals surface area contributed by atoms with Crippen LogP contribution in [0.3, 0.4) is 0 Å². The molecule has 1 aromatic carbocycles. The predicted molar refractivity (Wildman–Crippen MR) is 73.1 cm³/mol. The number of carbonyl (C=O) groups excluding carboxylic acids is 1. The first-order chi connectivity index (χ1) is 9.11. The minimum absolute atomic E-state index is 0.0502. The second-order valence-corrected chi connectivity index (χ2v) is 4.12. The number of hydrogen-bond acceptors (Lipinski definition) is 3. The van der Waals surface area contributed by atoms with E-state index in [1.54, 1.807) is 19.2 Å². The molecule has 0 saturated carbocycles. The molecule has 0 aliphatic carbocycles. The third-order valence-electron chi connectivity index (χ3n) is 2.44. The van der Waals surface area contributed by atoms with Gasteiger partial charge in [-0.25, -0.2) is 9.37 Å². The summed E-state index contributed by atoms with van der Waals surface area (Å²) in [5.74, 6) is -0.568. The molecule has 1 heterocycles. The molecule has 1 amide bonds. The summed E-state index contributed by atoms with van der Waals surface area (Å²) in [5.41, 5.74) is 0.122. The number of pyridine rings is 1. The maximum absolute atomic E-state index is 13.5. The van der Waals surface area contributed by atoms with Crippen LogP contribution >= 0.6 is 11.6 Å². The maximum Gasteiger partial charge on any atom is 0.274 e. The first-order valence-electron chi connectivity index (χ1n) is 5.52. The second-order valence-electron chi connectivity index (χ2n) is 3.71. The minimum atomic E-state index is -0.592. The Kier molecular flexibility index (Phi) is 3.97. The summed E-state index contributed by atoms with van der Waals surface area (Å²) in [6.07, 6.45) is 0. The molecular formula is C13H11ClFN3O.